The number of carbonyl (C=O) groups is 3. The van der Waals surface area contributed by atoms with Gasteiger partial charge in [0.25, 0.3) is 6.47 Å². The molecule has 34 heavy (non-hydrogen) atoms. The van der Waals surface area contributed by atoms with Gasteiger partial charge in [-0.1, -0.05) is 29.8 Å². The van der Waals surface area contributed by atoms with Gasteiger partial charge in [0.2, 0.25) is 0 Å². The van der Waals surface area contributed by atoms with E-state index in [4.69, 9.17) is 4.74 Å². The molecule has 0 fully saturated rings. The summed E-state index contributed by atoms with van der Waals surface area (Å²) in [7, 11) is 1.32. The molecule has 0 atom stereocenters. The van der Waals surface area contributed by atoms with Crippen molar-refractivity contribution >= 4 is 24.3 Å². The van der Waals surface area contributed by atoms with Crippen LogP contribution < -0.4 is 4.74 Å². The van der Waals surface area contributed by atoms with Crippen LogP contribution in [0.1, 0.15) is 61.0 Å². The Morgan fingerprint density at radius 2 is 1.38 bits per heavy atom. The van der Waals surface area contributed by atoms with E-state index in [9.17, 15) is 14.4 Å². The number of ketones is 1. The van der Waals surface area contributed by atoms with Gasteiger partial charge < -0.3 is 14.2 Å². The highest BCUT2D eigenvalue weighted by molar-refractivity contribution is 6.09. The molecular formula is C28H34O6. The fourth-order valence-electron chi connectivity index (χ4n) is 2.73. The Hall–Kier alpha value is -3.67. The predicted molar refractivity (Wildman–Crippen MR) is 134 cm³/mol. The minimum Gasteiger partial charge on any atom is -0.494 e. The number of esters is 1. The zero-order valence-electron chi connectivity index (χ0n) is 20.3. The maximum absolute atomic E-state index is 12.6. The SMILES string of the molecule is C=C(C)C.COC(=O)/C=C/c1ccc(C(=O)c2ccc(OCCCCCCOC=O)cc2)cc1. The molecule has 2 aromatic carbocycles. The molecule has 0 aliphatic carbocycles. The Morgan fingerprint density at radius 1 is 0.853 bits per heavy atom. The molecule has 0 radical (unpaired) electrons. The Balaban J connectivity index is 0.00000133. The van der Waals surface area contributed by atoms with Crippen molar-refractivity contribution in [3.63, 3.8) is 0 Å². The first-order valence-corrected chi connectivity index (χ1v) is 11.2. The summed E-state index contributed by atoms with van der Waals surface area (Å²) < 4.78 is 14.9. The van der Waals surface area contributed by atoms with Gasteiger partial charge in [-0.25, -0.2) is 4.79 Å². The van der Waals surface area contributed by atoms with Crippen molar-refractivity contribution in [3.8, 4) is 5.75 Å². The lowest BCUT2D eigenvalue weighted by Gasteiger charge is -2.07. The molecule has 0 spiro atoms. The van der Waals surface area contributed by atoms with Gasteiger partial charge in [-0.15, -0.1) is 6.58 Å². The average molecular weight is 467 g/mol. The van der Waals surface area contributed by atoms with E-state index < -0.39 is 5.97 Å². The number of unbranched alkanes of at least 4 members (excludes halogenated alkanes) is 3. The summed E-state index contributed by atoms with van der Waals surface area (Å²) in [6.07, 6.45) is 6.73. The summed E-state index contributed by atoms with van der Waals surface area (Å²) in [5, 5.41) is 0. The topological polar surface area (TPSA) is 78.9 Å². The minimum absolute atomic E-state index is 0.0809. The number of ether oxygens (including phenoxy) is 3. The Labute approximate surface area is 202 Å². The molecule has 0 saturated carbocycles. The molecule has 182 valence electrons. The van der Waals surface area contributed by atoms with Crippen LogP contribution in [0, 0.1) is 0 Å². The zero-order valence-corrected chi connectivity index (χ0v) is 20.3. The van der Waals surface area contributed by atoms with Crippen LogP contribution >= 0.6 is 0 Å². The van der Waals surface area contributed by atoms with Gasteiger partial charge in [0.15, 0.2) is 5.78 Å². The first-order chi connectivity index (χ1) is 16.4. The molecule has 0 heterocycles. The number of hydrogen-bond acceptors (Lipinski definition) is 6. The summed E-state index contributed by atoms with van der Waals surface area (Å²) in [5.41, 5.74) is 3.12. The van der Waals surface area contributed by atoms with Gasteiger partial charge in [-0.3, -0.25) is 9.59 Å². The van der Waals surface area contributed by atoms with E-state index in [0.717, 1.165) is 37.0 Å². The highest BCUT2D eigenvalue weighted by atomic mass is 16.5. The molecule has 0 saturated heterocycles. The fourth-order valence-corrected chi connectivity index (χ4v) is 2.73. The second-order valence-corrected chi connectivity index (χ2v) is 7.77. The van der Waals surface area contributed by atoms with Crippen LogP contribution in [0.4, 0.5) is 0 Å². The third-order valence-electron chi connectivity index (χ3n) is 4.40. The number of hydrogen-bond donors (Lipinski definition) is 0. The van der Waals surface area contributed by atoms with Gasteiger partial charge in [-0.2, -0.15) is 0 Å². The molecule has 6 heteroatoms. The fraction of sp³-hybridized carbons (Fsp3) is 0.321. The van der Waals surface area contributed by atoms with Crippen molar-refractivity contribution in [1.29, 1.82) is 0 Å². The lowest BCUT2D eigenvalue weighted by Crippen LogP contribution is -2.02. The normalized spacial score (nSPS) is 10.1. The predicted octanol–water partition coefficient (Wildman–Crippen LogP) is 5.80. The van der Waals surface area contributed by atoms with Crippen LogP contribution in [-0.2, 0) is 19.1 Å². The van der Waals surface area contributed by atoms with Crippen molar-refractivity contribution in [2.75, 3.05) is 20.3 Å². The molecule has 6 nitrogen and oxygen atoms in total. The maximum Gasteiger partial charge on any atom is 0.330 e. The van der Waals surface area contributed by atoms with Crippen LogP contribution in [0.5, 0.6) is 5.75 Å². The van der Waals surface area contributed by atoms with E-state index in [1.807, 2.05) is 13.8 Å². The van der Waals surface area contributed by atoms with E-state index in [1.165, 1.54) is 18.8 Å². The molecule has 0 N–H and O–H groups in total. The van der Waals surface area contributed by atoms with Gasteiger partial charge in [0, 0.05) is 17.2 Å². The number of methoxy groups -OCH3 is 1. The highest BCUT2D eigenvalue weighted by Crippen LogP contribution is 2.17. The molecule has 0 bridgehead atoms. The summed E-state index contributed by atoms with van der Waals surface area (Å²) in [6, 6.07) is 14.1. The van der Waals surface area contributed by atoms with Gasteiger partial charge >= 0.3 is 5.97 Å². The number of benzene rings is 2. The van der Waals surface area contributed by atoms with Crippen molar-refractivity contribution in [2.24, 2.45) is 0 Å². The first-order valence-electron chi connectivity index (χ1n) is 11.2. The first kappa shape index (κ1) is 28.4. The van der Waals surface area contributed by atoms with E-state index in [1.54, 1.807) is 54.6 Å². The van der Waals surface area contributed by atoms with Gasteiger partial charge in [0.1, 0.15) is 5.75 Å². The van der Waals surface area contributed by atoms with E-state index in [-0.39, 0.29) is 5.78 Å². The minimum atomic E-state index is -0.429. The number of carbonyl (C=O) groups excluding carboxylic acids is 3. The lowest BCUT2D eigenvalue weighted by molar-refractivity contribution is -0.134. The largest absolute Gasteiger partial charge is 0.494 e. The second-order valence-electron chi connectivity index (χ2n) is 7.77. The second kappa shape index (κ2) is 16.9. The third kappa shape index (κ3) is 12.4. The van der Waals surface area contributed by atoms with Crippen LogP contribution in [0.3, 0.4) is 0 Å². The standard InChI is InChI=1S/C24H26O6.C4H8/c1-28-23(26)15-8-19-6-9-20(10-7-19)24(27)21-11-13-22(14-12-21)30-17-5-3-2-4-16-29-18-25;1-4(2)3/h6-15,18H,2-5,16-17H2,1H3;1H2,2-3H3/b15-8+;. The molecule has 0 aliphatic heterocycles. The van der Waals surface area contributed by atoms with Gasteiger partial charge in [0.05, 0.1) is 20.3 Å². The Kier molecular flexibility index (Phi) is 14.1. The molecule has 0 aliphatic rings. The summed E-state index contributed by atoms with van der Waals surface area (Å²) in [5.74, 6) is 0.211. The Morgan fingerprint density at radius 3 is 1.91 bits per heavy atom. The average Bonchev–Trinajstić information content (AvgIpc) is 2.84. The van der Waals surface area contributed by atoms with Crippen molar-refractivity contribution in [2.45, 2.75) is 39.5 Å². The monoisotopic (exact) mass is 466 g/mol. The van der Waals surface area contributed by atoms with E-state index in [0.29, 0.717) is 30.8 Å². The zero-order chi connectivity index (χ0) is 25.2. The Bertz CT molecular complexity index is 922. The number of allylic oxidation sites excluding steroid dienone is 1. The molecule has 0 aromatic heterocycles. The summed E-state index contributed by atoms with van der Waals surface area (Å²) in [4.78, 5) is 33.8. The third-order valence-corrected chi connectivity index (χ3v) is 4.40. The molecule has 2 rings (SSSR count). The lowest BCUT2D eigenvalue weighted by atomic mass is 10.0. The molecular weight excluding hydrogens is 432 g/mol. The summed E-state index contributed by atoms with van der Waals surface area (Å²) >= 11 is 0. The maximum atomic E-state index is 12.6. The number of rotatable bonds is 13. The van der Waals surface area contributed by atoms with E-state index in [2.05, 4.69) is 16.1 Å². The van der Waals surface area contributed by atoms with E-state index >= 15 is 0 Å². The van der Waals surface area contributed by atoms with Crippen LogP contribution in [0.15, 0.2) is 66.8 Å². The van der Waals surface area contributed by atoms with Crippen molar-refractivity contribution in [1.82, 2.24) is 0 Å². The van der Waals surface area contributed by atoms with Crippen LogP contribution in [0.25, 0.3) is 6.08 Å². The molecule has 2 aromatic rings. The van der Waals surface area contributed by atoms with Crippen molar-refractivity contribution in [3.05, 3.63) is 83.4 Å². The van der Waals surface area contributed by atoms with Gasteiger partial charge in [-0.05, 0) is 75.4 Å². The van der Waals surface area contributed by atoms with Crippen LogP contribution in [-0.4, -0.2) is 38.5 Å². The van der Waals surface area contributed by atoms with Crippen LogP contribution in [0.2, 0.25) is 0 Å². The summed E-state index contributed by atoms with van der Waals surface area (Å²) in [6.45, 7) is 9.03. The smallest absolute Gasteiger partial charge is 0.330 e. The quantitative estimate of drug-likeness (QED) is 0.0927. The highest BCUT2D eigenvalue weighted by Gasteiger charge is 2.09. The van der Waals surface area contributed by atoms with Crippen molar-refractivity contribution < 1.29 is 28.6 Å². The molecule has 0 amide bonds. The molecule has 0 unspecified atom stereocenters.